The molecule has 1 unspecified atom stereocenters. The van der Waals surface area contributed by atoms with Crippen LogP contribution in [-0.4, -0.2) is 47.7 Å². The van der Waals surface area contributed by atoms with Gasteiger partial charge in [0.1, 0.15) is 5.75 Å². The van der Waals surface area contributed by atoms with E-state index in [-0.39, 0.29) is 11.9 Å². The van der Waals surface area contributed by atoms with Gasteiger partial charge in [-0.1, -0.05) is 23.8 Å². The van der Waals surface area contributed by atoms with Crippen molar-refractivity contribution >= 4 is 16.8 Å². The second kappa shape index (κ2) is 8.02. The molecule has 1 atom stereocenters. The van der Waals surface area contributed by atoms with Crippen molar-refractivity contribution in [1.29, 1.82) is 0 Å². The molecule has 0 radical (unpaired) electrons. The van der Waals surface area contributed by atoms with E-state index < -0.39 is 0 Å². The summed E-state index contributed by atoms with van der Waals surface area (Å²) in [6.07, 6.45) is 2.38. The van der Waals surface area contributed by atoms with Crippen LogP contribution in [0.4, 0.5) is 0 Å². The molecule has 1 aliphatic heterocycles. The lowest BCUT2D eigenvalue weighted by Crippen LogP contribution is -2.37. The Labute approximate surface area is 164 Å². The van der Waals surface area contributed by atoms with E-state index in [0.29, 0.717) is 12.2 Å². The van der Waals surface area contributed by atoms with Gasteiger partial charge < -0.3 is 10.1 Å². The van der Waals surface area contributed by atoms with Gasteiger partial charge in [0, 0.05) is 11.9 Å². The first-order valence-electron chi connectivity index (χ1n) is 9.76. The van der Waals surface area contributed by atoms with E-state index in [9.17, 15) is 4.79 Å². The summed E-state index contributed by atoms with van der Waals surface area (Å²) in [7, 11) is 1.68. The first kappa shape index (κ1) is 18.5. The number of methoxy groups -OCH3 is 1. The van der Waals surface area contributed by atoms with Gasteiger partial charge in [0.15, 0.2) is 5.69 Å². The molecule has 1 saturated heterocycles. The lowest BCUT2D eigenvalue weighted by Gasteiger charge is -2.28. The molecule has 28 heavy (non-hydrogen) atoms. The number of fused-ring (bicyclic) bond motifs is 1. The van der Waals surface area contributed by atoms with Crippen LogP contribution in [-0.2, 0) is 0 Å². The van der Waals surface area contributed by atoms with Crippen molar-refractivity contribution in [3.8, 4) is 5.75 Å². The summed E-state index contributed by atoms with van der Waals surface area (Å²) >= 11 is 0. The van der Waals surface area contributed by atoms with Crippen LogP contribution in [0.5, 0.6) is 5.75 Å². The minimum absolute atomic E-state index is 0.119. The molecule has 0 aliphatic carbocycles. The average molecular weight is 378 g/mol. The summed E-state index contributed by atoms with van der Waals surface area (Å²) < 4.78 is 5.39. The Morgan fingerprint density at radius 3 is 2.86 bits per heavy atom. The number of carbonyl (C=O) groups is 1. The monoisotopic (exact) mass is 378 g/mol. The van der Waals surface area contributed by atoms with Gasteiger partial charge in [-0.2, -0.15) is 5.10 Å². The van der Waals surface area contributed by atoms with Crippen LogP contribution in [0.15, 0.2) is 42.5 Å². The fourth-order valence-electron chi connectivity index (χ4n) is 3.93. The van der Waals surface area contributed by atoms with Crippen molar-refractivity contribution < 1.29 is 9.53 Å². The SMILES string of the molecule is COc1cccc(C(CNC(=O)c2n[nH]c3ccc(C)cc23)N2CCCC2)c1. The molecule has 3 aromatic rings. The Hall–Kier alpha value is -2.86. The van der Waals surface area contributed by atoms with Crippen molar-refractivity contribution in [2.24, 2.45) is 0 Å². The number of aryl methyl sites for hydroxylation is 1. The molecule has 2 heterocycles. The largest absolute Gasteiger partial charge is 0.497 e. The first-order chi connectivity index (χ1) is 13.7. The molecular formula is C22H26N4O2. The average Bonchev–Trinajstić information content (AvgIpc) is 3.38. The van der Waals surface area contributed by atoms with Crippen LogP contribution in [0.2, 0.25) is 0 Å². The Morgan fingerprint density at radius 1 is 1.25 bits per heavy atom. The second-order valence-electron chi connectivity index (χ2n) is 7.37. The van der Waals surface area contributed by atoms with Crippen LogP contribution < -0.4 is 10.1 Å². The smallest absolute Gasteiger partial charge is 0.272 e. The summed E-state index contributed by atoms with van der Waals surface area (Å²) in [4.78, 5) is 15.3. The van der Waals surface area contributed by atoms with Gasteiger partial charge in [0.2, 0.25) is 0 Å². The Morgan fingerprint density at radius 2 is 2.07 bits per heavy atom. The lowest BCUT2D eigenvalue weighted by atomic mass is 10.0. The van der Waals surface area contributed by atoms with Crippen molar-refractivity contribution in [3.63, 3.8) is 0 Å². The van der Waals surface area contributed by atoms with E-state index in [2.05, 4.69) is 32.5 Å². The lowest BCUT2D eigenvalue weighted by molar-refractivity contribution is 0.0934. The second-order valence-corrected chi connectivity index (χ2v) is 7.37. The molecule has 6 nitrogen and oxygen atoms in total. The zero-order chi connectivity index (χ0) is 19.5. The molecule has 1 aliphatic rings. The van der Waals surface area contributed by atoms with Gasteiger partial charge in [-0.05, 0) is 62.7 Å². The molecule has 2 N–H and O–H groups in total. The summed E-state index contributed by atoms with van der Waals surface area (Å²) in [5.74, 6) is 0.686. The van der Waals surface area contributed by atoms with Crippen LogP contribution in [0.1, 0.15) is 40.5 Å². The Balaban J connectivity index is 1.55. The summed E-state index contributed by atoms with van der Waals surface area (Å²) in [6, 6.07) is 14.2. The number of aromatic nitrogens is 2. The number of nitrogens with one attached hydrogen (secondary N) is 2. The fourth-order valence-corrected chi connectivity index (χ4v) is 3.93. The standard InChI is InChI=1S/C22H26N4O2/c1-15-8-9-19-18(12-15)21(25-24-19)22(27)23-14-20(26-10-3-4-11-26)16-6-5-7-17(13-16)28-2/h5-9,12-13,20H,3-4,10-11,14H2,1-2H3,(H,23,27)(H,24,25). The molecule has 0 saturated carbocycles. The summed E-state index contributed by atoms with van der Waals surface area (Å²) in [6.45, 7) is 4.64. The predicted octanol–water partition coefficient (Wildman–Crippen LogP) is 3.45. The summed E-state index contributed by atoms with van der Waals surface area (Å²) in [5, 5.41) is 11.2. The molecule has 6 heteroatoms. The molecule has 0 bridgehead atoms. The molecular weight excluding hydrogens is 352 g/mol. The van der Waals surface area contributed by atoms with Crippen LogP contribution in [0.3, 0.4) is 0 Å². The van der Waals surface area contributed by atoms with E-state index in [0.717, 1.165) is 40.9 Å². The number of likely N-dealkylation sites (tertiary alicyclic amines) is 1. The molecule has 146 valence electrons. The Bertz CT molecular complexity index is 976. The normalized spacial score (nSPS) is 15.6. The van der Waals surface area contributed by atoms with Crippen molar-refractivity contribution in [3.05, 3.63) is 59.3 Å². The zero-order valence-corrected chi connectivity index (χ0v) is 16.4. The van der Waals surface area contributed by atoms with Gasteiger partial charge in [-0.15, -0.1) is 0 Å². The fraction of sp³-hybridized carbons (Fsp3) is 0.364. The van der Waals surface area contributed by atoms with Gasteiger partial charge in [0.05, 0.1) is 18.7 Å². The van der Waals surface area contributed by atoms with Crippen LogP contribution >= 0.6 is 0 Å². The van der Waals surface area contributed by atoms with Crippen molar-refractivity contribution in [1.82, 2.24) is 20.4 Å². The molecule has 1 fully saturated rings. The number of amides is 1. The number of nitrogens with zero attached hydrogens (tertiary/aromatic N) is 2. The predicted molar refractivity (Wildman–Crippen MR) is 110 cm³/mol. The number of benzene rings is 2. The maximum Gasteiger partial charge on any atom is 0.272 e. The zero-order valence-electron chi connectivity index (χ0n) is 16.4. The molecule has 0 spiro atoms. The maximum absolute atomic E-state index is 12.9. The highest BCUT2D eigenvalue weighted by molar-refractivity contribution is 6.04. The number of ether oxygens (including phenoxy) is 1. The van der Waals surface area contributed by atoms with Gasteiger partial charge in [-0.3, -0.25) is 14.8 Å². The number of hydrogen-bond acceptors (Lipinski definition) is 4. The quantitative estimate of drug-likeness (QED) is 0.689. The number of H-pyrrole nitrogens is 1. The highest BCUT2D eigenvalue weighted by Crippen LogP contribution is 2.27. The number of aromatic amines is 1. The van der Waals surface area contributed by atoms with E-state index in [1.54, 1.807) is 7.11 Å². The van der Waals surface area contributed by atoms with Crippen LogP contribution in [0.25, 0.3) is 10.9 Å². The van der Waals surface area contributed by atoms with Crippen molar-refractivity contribution in [2.45, 2.75) is 25.8 Å². The van der Waals surface area contributed by atoms with E-state index >= 15 is 0 Å². The van der Waals surface area contributed by atoms with Crippen molar-refractivity contribution in [2.75, 3.05) is 26.7 Å². The number of carbonyl (C=O) groups excluding carboxylic acids is 1. The van der Waals surface area contributed by atoms with Gasteiger partial charge in [-0.25, -0.2) is 0 Å². The molecule has 2 aromatic carbocycles. The summed E-state index contributed by atoms with van der Waals surface area (Å²) in [5.41, 5.74) is 3.59. The minimum atomic E-state index is -0.149. The van der Waals surface area contributed by atoms with E-state index in [4.69, 9.17) is 4.74 Å². The number of rotatable bonds is 6. The maximum atomic E-state index is 12.9. The molecule has 1 aromatic heterocycles. The van der Waals surface area contributed by atoms with E-state index in [1.807, 2.05) is 37.3 Å². The molecule has 1 amide bonds. The van der Waals surface area contributed by atoms with E-state index in [1.165, 1.54) is 12.8 Å². The molecule has 4 rings (SSSR count). The van der Waals surface area contributed by atoms with Crippen LogP contribution in [0, 0.1) is 6.92 Å². The third-order valence-corrected chi connectivity index (χ3v) is 5.45. The third kappa shape index (κ3) is 3.73. The highest BCUT2D eigenvalue weighted by atomic mass is 16.5. The third-order valence-electron chi connectivity index (χ3n) is 5.45. The van der Waals surface area contributed by atoms with Gasteiger partial charge in [0.25, 0.3) is 5.91 Å². The topological polar surface area (TPSA) is 70.2 Å². The minimum Gasteiger partial charge on any atom is -0.497 e. The highest BCUT2D eigenvalue weighted by Gasteiger charge is 2.25. The first-order valence-corrected chi connectivity index (χ1v) is 9.76. The Kier molecular flexibility index (Phi) is 5.30. The number of hydrogen-bond donors (Lipinski definition) is 2. The van der Waals surface area contributed by atoms with Gasteiger partial charge >= 0.3 is 0 Å².